The maximum Gasteiger partial charge on any atom is 0.261 e. The van der Waals surface area contributed by atoms with Crippen LogP contribution in [0.4, 0.5) is 0 Å². The zero-order chi connectivity index (χ0) is 22.3. The molecule has 162 valence electrons. The molecular weight excluding hydrogens is 400 g/mol. The zero-order valence-electron chi connectivity index (χ0n) is 18.4. The van der Waals surface area contributed by atoms with Gasteiger partial charge in [0.1, 0.15) is 11.8 Å². The maximum absolute atomic E-state index is 13.0. The predicted octanol–water partition coefficient (Wildman–Crippen LogP) is 4.61. The number of nitrogens with zero attached hydrogens (tertiary/aromatic N) is 1. The number of hydrogen-bond acceptors (Lipinski definition) is 3. The van der Waals surface area contributed by atoms with Crippen molar-refractivity contribution in [2.45, 2.75) is 59.2 Å². The Morgan fingerprint density at radius 2 is 1.60 bits per heavy atom. The van der Waals surface area contributed by atoms with Crippen molar-refractivity contribution in [3.05, 3.63) is 64.7 Å². The lowest BCUT2D eigenvalue weighted by atomic mass is 10.1. The summed E-state index contributed by atoms with van der Waals surface area (Å²) in [6, 6.07) is 14.2. The minimum atomic E-state index is -0.654. The molecule has 0 bridgehead atoms. The van der Waals surface area contributed by atoms with Gasteiger partial charge in [-0.15, -0.1) is 0 Å². The van der Waals surface area contributed by atoms with E-state index in [-0.39, 0.29) is 25.0 Å². The molecule has 1 atom stereocenters. The molecule has 0 unspecified atom stereocenters. The van der Waals surface area contributed by atoms with Gasteiger partial charge in [-0.05, 0) is 69.5 Å². The molecule has 2 aromatic rings. The Bertz CT molecular complexity index is 842. The summed E-state index contributed by atoms with van der Waals surface area (Å²) in [5.74, 6) is 0.150. The summed E-state index contributed by atoms with van der Waals surface area (Å²) in [5, 5.41) is 3.56. The molecule has 2 rings (SSSR count). The van der Waals surface area contributed by atoms with Crippen LogP contribution >= 0.6 is 11.6 Å². The minimum absolute atomic E-state index is 0.147. The molecule has 30 heavy (non-hydrogen) atoms. The van der Waals surface area contributed by atoms with Gasteiger partial charge in [-0.3, -0.25) is 9.59 Å². The highest BCUT2D eigenvalue weighted by Crippen LogP contribution is 2.16. The molecule has 6 heteroatoms. The fourth-order valence-electron chi connectivity index (χ4n) is 2.89. The van der Waals surface area contributed by atoms with Crippen molar-refractivity contribution < 1.29 is 14.3 Å². The van der Waals surface area contributed by atoms with Crippen LogP contribution in [0.25, 0.3) is 0 Å². The van der Waals surface area contributed by atoms with Crippen molar-refractivity contribution in [3.63, 3.8) is 0 Å². The third-order valence-corrected chi connectivity index (χ3v) is 4.88. The van der Waals surface area contributed by atoms with Crippen LogP contribution < -0.4 is 10.1 Å². The predicted molar refractivity (Wildman–Crippen MR) is 121 cm³/mol. The number of ether oxygens (including phenoxy) is 1. The zero-order valence-corrected chi connectivity index (χ0v) is 19.1. The SMILES string of the molecule is CCc1ccc(OCC(=O)N(Cc2ccc(Cl)cc2)[C@@H](C)C(=O)NC(C)(C)C)cc1. The van der Waals surface area contributed by atoms with Crippen LogP contribution in [0.1, 0.15) is 45.7 Å². The van der Waals surface area contributed by atoms with Crippen molar-refractivity contribution >= 4 is 23.4 Å². The Morgan fingerprint density at radius 1 is 1.03 bits per heavy atom. The van der Waals surface area contributed by atoms with E-state index in [1.165, 1.54) is 10.5 Å². The van der Waals surface area contributed by atoms with E-state index in [0.29, 0.717) is 10.8 Å². The van der Waals surface area contributed by atoms with Gasteiger partial charge in [-0.2, -0.15) is 0 Å². The topological polar surface area (TPSA) is 58.6 Å². The quantitative estimate of drug-likeness (QED) is 0.665. The molecule has 0 spiro atoms. The molecule has 0 radical (unpaired) electrons. The molecule has 0 fully saturated rings. The highest BCUT2D eigenvalue weighted by atomic mass is 35.5. The molecule has 0 heterocycles. The van der Waals surface area contributed by atoms with Gasteiger partial charge in [0.25, 0.3) is 5.91 Å². The van der Waals surface area contributed by atoms with E-state index in [2.05, 4.69) is 12.2 Å². The van der Waals surface area contributed by atoms with Crippen molar-refractivity contribution in [2.75, 3.05) is 6.61 Å². The number of halogens is 1. The lowest BCUT2D eigenvalue weighted by Crippen LogP contribution is -2.53. The second-order valence-electron chi connectivity index (χ2n) is 8.35. The normalized spacial score (nSPS) is 12.2. The molecule has 0 aliphatic carbocycles. The highest BCUT2D eigenvalue weighted by Gasteiger charge is 2.28. The van der Waals surface area contributed by atoms with E-state index in [9.17, 15) is 9.59 Å². The largest absolute Gasteiger partial charge is 0.484 e. The fourth-order valence-corrected chi connectivity index (χ4v) is 3.02. The standard InChI is InChI=1S/C24H31ClN2O3/c1-6-18-9-13-21(14-10-18)30-16-22(28)27(15-19-7-11-20(25)12-8-19)17(2)23(29)26-24(3,4)5/h7-14,17H,6,15-16H2,1-5H3,(H,26,29)/t17-/m0/s1. The molecule has 0 aliphatic rings. The van der Waals surface area contributed by atoms with E-state index in [1.807, 2.05) is 57.2 Å². The average molecular weight is 431 g/mol. The molecular formula is C24H31ClN2O3. The molecule has 2 aromatic carbocycles. The third-order valence-electron chi connectivity index (χ3n) is 4.63. The summed E-state index contributed by atoms with van der Waals surface area (Å²) in [4.78, 5) is 27.3. The summed E-state index contributed by atoms with van der Waals surface area (Å²) in [7, 11) is 0. The van der Waals surface area contributed by atoms with Crippen molar-refractivity contribution in [3.8, 4) is 5.75 Å². The molecule has 0 aromatic heterocycles. The average Bonchev–Trinajstić information content (AvgIpc) is 2.70. The van der Waals surface area contributed by atoms with Crippen LogP contribution in [0.15, 0.2) is 48.5 Å². The number of benzene rings is 2. The number of rotatable bonds is 8. The van der Waals surface area contributed by atoms with Crippen LogP contribution in [0.2, 0.25) is 5.02 Å². The number of amides is 2. The minimum Gasteiger partial charge on any atom is -0.484 e. The lowest BCUT2D eigenvalue weighted by molar-refractivity contribution is -0.142. The van der Waals surface area contributed by atoms with Crippen LogP contribution in [0.5, 0.6) is 5.75 Å². The molecule has 5 nitrogen and oxygen atoms in total. The summed E-state index contributed by atoms with van der Waals surface area (Å²) >= 11 is 5.97. The Labute approximate surface area is 184 Å². The van der Waals surface area contributed by atoms with E-state index in [1.54, 1.807) is 19.1 Å². The Balaban J connectivity index is 2.14. The van der Waals surface area contributed by atoms with Crippen LogP contribution in [0, 0.1) is 0 Å². The summed E-state index contributed by atoms with van der Waals surface area (Å²) in [5.41, 5.74) is 1.69. The summed E-state index contributed by atoms with van der Waals surface area (Å²) < 4.78 is 5.69. The number of carbonyl (C=O) groups is 2. The second-order valence-corrected chi connectivity index (χ2v) is 8.79. The first-order valence-electron chi connectivity index (χ1n) is 10.2. The van der Waals surface area contributed by atoms with Gasteiger partial charge in [-0.1, -0.05) is 42.8 Å². The second kappa shape index (κ2) is 10.5. The highest BCUT2D eigenvalue weighted by molar-refractivity contribution is 6.30. The van der Waals surface area contributed by atoms with E-state index in [0.717, 1.165) is 12.0 Å². The first kappa shape index (κ1) is 23.7. The molecule has 2 amide bonds. The Kier molecular flexibility index (Phi) is 8.30. The van der Waals surface area contributed by atoms with Gasteiger partial charge in [0.15, 0.2) is 6.61 Å². The number of carbonyl (C=O) groups excluding carboxylic acids is 2. The Morgan fingerprint density at radius 3 is 2.13 bits per heavy atom. The van der Waals surface area contributed by atoms with E-state index < -0.39 is 11.6 Å². The maximum atomic E-state index is 13.0. The molecule has 0 saturated heterocycles. The van der Waals surface area contributed by atoms with Gasteiger partial charge in [-0.25, -0.2) is 0 Å². The first-order chi connectivity index (χ1) is 14.1. The van der Waals surface area contributed by atoms with Gasteiger partial charge >= 0.3 is 0 Å². The molecule has 1 N–H and O–H groups in total. The van der Waals surface area contributed by atoms with E-state index in [4.69, 9.17) is 16.3 Å². The van der Waals surface area contributed by atoms with Gasteiger partial charge in [0.05, 0.1) is 0 Å². The van der Waals surface area contributed by atoms with Gasteiger partial charge < -0.3 is 15.0 Å². The van der Waals surface area contributed by atoms with Crippen LogP contribution in [-0.2, 0) is 22.6 Å². The van der Waals surface area contributed by atoms with Gasteiger partial charge in [0.2, 0.25) is 5.91 Å². The van der Waals surface area contributed by atoms with Crippen molar-refractivity contribution in [1.82, 2.24) is 10.2 Å². The first-order valence-corrected chi connectivity index (χ1v) is 10.5. The molecule has 0 saturated carbocycles. The molecule has 0 aliphatic heterocycles. The van der Waals surface area contributed by atoms with Crippen molar-refractivity contribution in [1.29, 1.82) is 0 Å². The summed E-state index contributed by atoms with van der Waals surface area (Å²) in [6.07, 6.45) is 0.939. The number of aryl methyl sites for hydroxylation is 1. The van der Waals surface area contributed by atoms with Crippen LogP contribution in [-0.4, -0.2) is 34.9 Å². The van der Waals surface area contributed by atoms with Crippen molar-refractivity contribution in [2.24, 2.45) is 0 Å². The Hall–Kier alpha value is -2.53. The third kappa shape index (κ3) is 7.38. The van der Waals surface area contributed by atoms with Crippen LogP contribution in [0.3, 0.4) is 0 Å². The summed E-state index contributed by atoms with van der Waals surface area (Å²) in [6.45, 7) is 9.67. The fraction of sp³-hybridized carbons (Fsp3) is 0.417. The number of hydrogen-bond donors (Lipinski definition) is 1. The smallest absolute Gasteiger partial charge is 0.261 e. The number of nitrogens with one attached hydrogen (secondary N) is 1. The van der Waals surface area contributed by atoms with Gasteiger partial charge in [0, 0.05) is 17.1 Å². The van der Waals surface area contributed by atoms with E-state index >= 15 is 0 Å². The lowest BCUT2D eigenvalue weighted by Gasteiger charge is -2.31. The monoisotopic (exact) mass is 430 g/mol.